The minimum absolute atomic E-state index is 0.159. The van der Waals surface area contributed by atoms with Gasteiger partial charge in [0.1, 0.15) is 0 Å². The highest BCUT2D eigenvalue weighted by atomic mass is 16.3. The third-order valence-corrected chi connectivity index (χ3v) is 3.20. The van der Waals surface area contributed by atoms with Gasteiger partial charge in [-0.25, -0.2) is 0 Å². The first-order valence-electron chi connectivity index (χ1n) is 4.85. The SMILES string of the molecule is CC1=CC[C@H](C(C)(C)O)C[C@]1(C)O. The van der Waals surface area contributed by atoms with Crippen LogP contribution >= 0.6 is 0 Å². The molecular weight excluding hydrogens is 164 g/mol. The van der Waals surface area contributed by atoms with Crippen molar-refractivity contribution in [3.05, 3.63) is 11.6 Å². The van der Waals surface area contributed by atoms with E-state index in [1.165, 1.54) is 0 Å². The van der Waals surface area contributed by atoms with Crippen molar-refractivity contribution in [1.82, 2.24) is 0 Å². The van der Waals surface area contributed by atoms with Crippen LogP contribution in [-0.2, 0) is 0 Å². The predicted octanol–water partition coefficient (Wildman–Crippen LogP) is 1.86. The summed E-state index contributed by atoms with van der Waals surface area (Å²) in [5.41, 5.74) is -0.405. The lowest BCUT2D eigenvalue weighted by Gasteiger charge is -2.39. The Morgan fingerprint density at radius 2 is 2.08 bits per heavy atom. The molecule has 2 atom stereocenters. The molecule has 0 aromatic rings. The first-order chi connectivity index (χ1) is 5.73. The van der Waals surface area contributed by atoms with Crippen LogP contribution < -0.4 is 0 Å². The average Bonchev–Trinajstić information content (AvgIpc) is 1.92. The van der Waals surface area contributed by atoms with Crippen molar-refractivity contribution in [2.45, 2.75) is 51.7 Å². The van der Waals surface area contributed by atoms with Crippen molar-refractivity contribution >= 4 is 0 Å². The molecule has 1 rings (SSSR count). The number of rotatable bonds is 1. The van der Waals surface area contributed by atoms with Gasteiger partial charge in [0.2, 0.25) is 0 Å². The van der Waals surface area contributed by atoms with Gasteiger partial charge in [-0.15, -0.1) is 0 Å². The molecule has 0 bridgehead atoms. The fraction of sp³-hybridized carbons (Fsp3) is 0.818. The van der Waals surface area contributed by atoms with Crippen LogP contribution in [0.1, 0.15) is 40.5 Å². The highest BCUT2D eigenvalue weighted by Crippen LogP contribution is 2.37. The van der Waals surface area contributed by atoms with E-state index in [9.17, 15) is 10.2 Å². The Kier molecular flexibility index (Phi) is 2.56. The highest BCUT2D eigenvalue weighted by Gasteiger charge is 2.37. The number of hydrogen-bond donors (Lipinski definition) is 2. The molecule has 0 aromatic heterocycles. The third kappa shape index (κ3) is 2.32. The van der Waals surface area contributed by atoms with Gasteiger partial charge in [0, 0.05) is 0 Å². The molecule has 1 aliphatic rings. The molecule has 0 saturated carbocycles. The summed E-state index contributed by atoms with van der Waals surface area (Å²) >= 11 is 0. The van der Waals surface area contributed by atoms with Gasteiger partial charge in [-0.05, 0) is 52.0 Å². The topological polar surface area (TPSA) is 40.5 Å². The summed E-state index contributed by atoms with van der Waals surface area (Å²) in [6.45, 7) is 7.38. The van der Waals surface area contributed by atoms with Crippen LogP contribution in [0.25, 0.3) is 0 Å². The van der Waals surface area contributed by atoms with Crippen molar-refractivity contribution in [2.75, 3.05) is 0 Å². The summed E-state index contributed by atoms with van der Waals surface area (Å²) in [5.74, 6) is 0.159. The molecule has 0 spiro atoms. The molecule has 13 heavy (non-hydrogen) atoms. The summed E-state index contributed by atoms with van der Waals surface area (Å²) in [4.78, 5) is 0. The Morgan fingerprint density at radius 3 is 2.46 bits per heavy atom. The van der Waals surface area contributed by atoms with Crippen LogP contribution in [0.4, 0.5) is 0 Å². The fourth-order valence-electron chi connectivity index (χ4n) is 1.80. The van der Waals surface area contributed by atoms with E-state index in [2.05, 4.69) is 0 Å². The Bertz CT molecular complexity index is 221. The summed E-state index contributed by atoms with van der Waals surface area (Å²) in [7, 11) is 0. The molecule has 0 heterocycles. The monoisotopic (exact) mass is 184 g/mol. The van der Waals surface area contributed by atoms with Crippen molar-refractivity contribution in [2.24, 2.45) is 5.92 Å². The molecule has 2 heteroatoms. The largest absolute Gasteiger partial charge is 0.390 e. The van der Waals surface area contributed by atoms with Gasteiger partial charge in [-0.2, -0.15) is 0 Å². The number of allylic oxidation sites excluding steroid dienone is 1. The summed E-state index contributed by atoms with van der Waals surface area (Å²) in [6, 6.07) is 0. The van der Waals surface area contributed by atoms with E-state index in [0.717, 1.165) is 12.0 Å². The Labute approximate surface area is 80.3 Å². The molecule has 2 nitrogen and oxygen atoms in total. The Morgan fingerprint density at radius 1 is 1.54 bits per heavy atom. The molecule has 76 valence electrons. The first kappa shape index (κ1) is 10.7. The summed E-state index contributed by atoms with van der Waals surface area (Å²) in [6.07, 6.45) is 3.55. The fourth-order valence-corrected chi connectivity index (χ4v) is 1.80. The van der Waals surface area contributed by atoms with Crippen LogP contribution in [0, 0.1) is 5.92 Å². The standard InChI is InChI=1S/C11H20O2/c1-8-5-6-9(10(2,3)12)7-11(8,4)13/h5,9,12-13H,6-7H2,1-4H3/t9-,11-/m0/s1. The van der Waals surface area contributed by atoms with E-state index in [1.54, 1.807) is 0 Å². The van der Waals surface area contributed by atoms with Gasteiger partial charge < -0.3 is 10.2 Å². The van der Waals surface area contributed by atoms with Gasteiger partial charge in [0.25, 0.3) is 0 Å². The quantitative estimate of drug-likeness (QED) is 0.611. The lowest BCUT2D eigenvalue weighted by atomic mass is 9.73. The lowest BCUT2D eigenvalue weighted by Crippen LogP contribution is -2.41. The molecule has 0 saturated heterocycles. The van der Waals surface area contributed by atoms with Gasteiger partial charge in [0.05, 0.1) is 11.2 Å². The smallest absolute Gasteiger partial charge is 0.0829 e. The molecule has 0 aromatic carbocycles. The maximum atomic E-state index is 10.00. The highest BCUT2D eigenvalue weighted by molar-refractivity contribution is 5.17. The van der Waals surface area contributed by atoms with Crippen LogP contribution in [0.5, 0.6) is 0 Å². The van der Waals surface area contributed by atoms with E-state index in [0.29, 0.717) is 6.42 Å². The van der Waals surface area contributed by atoms with E-state index >= 15 is 0 Å². The molecule has 0 radical (unpaired) electrons. The zero-order valence-electron chi connectivity index (χ0n) is 8.96. The Hall–Kier alpha value is -0.340. The van der Waals surface area contributed by atoms with Crippen LogP contribution in [0.3, 0.4) is 0 Å². The van der Waals surface area contributed by atoms with Crippen LogP contribution in [0.2, 0.25) is 0 Å². The lowest BCUT2D eigenvalue weighted by molar-refractivity contribution is -0.0309. The van der Waals surface area contributed by atoms with Crippen molar-refractivity contribution in [3.63, 3.8) is 0 Å². The normalized spacial score (nSPS) is 35.8. The second-order valence-electron chi connectivity index (χ2n) is 4.95. The Balaban J connectivity index is 2.80. The van der Waals surface area contributed by atoms with Crippen molar-refractivity contribution in [3.8, 4) is 0 Å². The number of hydrogen-bond acceptors (Lipinski definition) is 2. The second kappa shape index (κ2) is 3.10. The van der Waals surface area contributed by atoms with Gasteiger partial charge in [-0.3, -0.25) is 0 Å². The van der Waals surface area contributed by atoms with Gasteiger partial charge >= 0.3 is 0 Å². The minimum Gasteiger partial charge on any atom is -0.390 e. The molecule has 0 fully saturated rings. The van der Waals surface area contributed by atoms with Crippen molar-refractivity contribution in [1.29, 1.82) is 0 Å². The maximum absolute atomic E-state index is 10.00. The van der Waals surface area contributed by atoms with Gasteiger partial charge in [0.15, 0.2) is 0 Å². The molecular formula is C11H20O2. The first-order valence-corrected chi connectivity index (χ1v) is 4.85. The van der Waals surface area contributed by atoms with Gasteiger partial charge in [-0.1, -0.05) is 6.08 Å². The molecule has 0 unspecified atom stereocenters. The predicted molar refractivity (Wildman–Crippen MR) is 53.4 cm³/mol. The molecule has 0 aliphatic heterocycles. The van der Waals surface area contributed by atoms with Crippen molar-refractivity contribution < 1.29 is 10.2 Å². The van der Waals surface area contributed by atoms with Crippen LogP contribution in [-0.4, -0.2) is 21.4 Å². The van der Waals surface area contributed by atoms with E-state index < -0.39 is 11.2 Å². The molecule has 0 amide bonds. The average molecular weight is 184 g/mol. The molecule has 1 aliphatic carbocycles. The maximum Gasteiger partial charge on any atom is 0.0829 e. The van der Waals surface area contributed by atoms with Crippen LogP contribution in [0.15, 0.2) is 11.6 Å². The zero-order valence-corrected chi connectivity index (χ0v) is 8.96. The zero-order chi connectivity index (χ0) is 10.3. The van der Waals surface area contributed by atoms with E-state index in [-0.39, 0.29) is 5.92 Å². The number of aliphatic hydroxyl groups is 2. The second-order valence-corrected chi connectivity index (χ2v) is 4.95. The third-order valence-electron chi connectivity index (χ3n) is 3.20. The minimum atomic E-state index is -0.733. The summed E-state index contributed by atoms with van der Waals surface area (Å²) < 4.78 is 0. The van der Waals surface area contributed by atoms with E-state index in [4.69, 9.17) is 0 Å². The molecule has 2 N–H and O–H groups in total. The van der Waals surface area contributed by atoms with E-state index in [1.807, 2.05) is 33.8 Å². The summed E-state index contributed by atoms with van der Waals surface area (Å²) in [5, 5.41) is 19.8.